The van der Waals surface area contributed by atoms with Crippen LogP contribution in [0.2, 0.25) is 0 Å². The summed E-state index contributed by atoms with van der Waals surface area (Å²) in [4.78, 5) is 24.6. The van der Waals surface area contributed by atoms with Gasteiger partial charge in [0.2, 0.25) is 0 Å². The molecule has 0 bridgehead atoms. The molecule has 1 aromatic rings. The molecule has 0 saturated carbocycles. The number of fused-ring (bicyclic) bond motifs is 1. The van der Waals surface area contributed by atoms with Gasteiger partial charge >= 0.3 is 12.0 Å². The van der Waals surface area contributed by atoms with E-state index in [2.05, 4.69) is 11.2 Å². The van der Waals surface area contributed by atoms with Crippen LogP contribution < -0.4 is 10.2 Å². The molecule has 2 amide bonds. The number of terminal acetylenes is 1. The molecule has 1 aliphatic heterocycles. The quantitative estimate of drug-likeness (QED) is 0.649. The van der Waals surface area contributed by atoms with Crippen LogP contribution in [0.15, 0.2) is 18.2 Å². The van der Waals surface area contributed by atoms with E-state index in [1.54, 1.807) is 23.1 Å². The van der Waals surface area contributed by atoms with Crippen molar-refractivity contribution in [3.63, 3.8) is 0 Å². The highest BCUT2D eigenvalue weighted by Crippen LogP contribution is 2.29. The Labute approximate surface area is 117 Å². The van der Waals surface area contributed by atoms with Crippen LogP contribution in [0.25, 0.3) is 0 Å². The van der Waals surface area contributed by atoms with Gasteiger partial charge in [0.05, 0.1) is 5.56 Å². The zero-order chi connectivity index (χ0) is 14.5. The highest BCUT2D eigenvalue weighted by Gasteiger charge is 2.25. The van der Waals surface area contributed by atoms with Crippen molar-refractivity contribution in [1.82, 2.24) is 5.32 Å². The lowest BCUT2D eigenvalue weighted by atomic mass is 10.1. The van der Waals surface area contributed by atoms with E-state index in [4.69, 9.17) is 11.5 Å². The van der Waals surface area contributed by atoms with Gasteiger partial charge in [-0.15, -0.1) is 12.3 Å². The lowest BCUT2D eigenvalue weighted by molar-refractivity contribution is 0.0697. The summed E-state index contributed by atoms with van der Waals surface area (Å²) in [5.74, 6) is 1.52. The number of amides is 2. The van der Waals surface area contributed by atoms with Crippen molar-refractivity contribution in [2.75, 3.05) is 18.0 Å². The predicted molar refractivity (Wildman–Crippen MR) is 75.9 cm³/mol. The van der Waals surface area contributed by atoms with E-state index in [0.29, 0.717) is 25.2 Å². The predicted octanol–water partition coefficient (Wildman–Crippen LogP) is 1.87. The van der Waals surface area contributed by atoms with Crippen LogP contribution in [0.4, 0.5) is 10.5 Å². The second kappa shape index (κ2) is 6.11. The number of rotatable bonds is 4. The van der Waals surface area contributed by atoms with Crippen LogP contribution in [-0.2, 0) is 6.42 Å². The van der Waals surface area contributed by atoms with Crippen molar-refractivity contribution < 1.29 is 14.7 Å². The number of carboxylic acids is 1. The number of carbonyl (C=O) groups is 2. The molecule has 5 nitrogen and oxygen atoms in total. The third kappa shape index (κ3) is 2.91. The number of nitrogens with one attached hydrogen (secondary N) is 1. The normalized spacial score (nSPS) is 12.7. The number of benzene rings is 1. The molecule has 0 atom stereocenters. The lowest BCUT2D eigenvalue weighted by Crippen LogP contribution is -2.39. The van der Waals surface area contributed by atoms with Gasteiger partial charge in [-0.1, -0.05) is 6.07 Å². The molecular formula is C15H16N2O3. The van der Waals surface area contributed by atoms with Gasteiger partial charge in [-0.05, 0) is 30.5 Å². The van der Waals surface area contributed by atoms with Gasteiger partial charge in [0.1, 0.15) is 0 Å². The Kier molecular flexibility index (Phi) is 4.26. The minimum absolute atomic E-state index is 0.191. The molecule has 0 aliphatic carbocycles. The van der Waals surface area contributed by atoms with Crippen LogP contribution in [0, 0.1) is 12.3 Å². The highest BCUT2D eigenvalue weighted by atomic mass is 16.4. The molecule has 2 rings (SSSR count). The zero-order valence-electron chi connectivity index (χ0n) is 11.1. The van der Waals surface area contributed by atoms with Gasteiger partial charge in [0.25, 0.3) is 0 Å². The molecule has 20 heavy (non-hydrogen) atoms. The molecule has 0 fully saturated rings. The van der Waals surface area contributed by atoms with Gasteiger partial charge < -0.3 is 10.4 Å². The van der Waals surface area contributed by atoms with Gasteiger partial charge in [0.15, 0.2) is 0 Å². The summed E-state index contributed by atoms with van der Waals surface area (Å²) in [6.07, 6.45) is 7.25. The largest absolute Gasteiger partial charge is 0.478 e. The number of nitrogens with zero attached hydrogens (tertiary/aromatic N) is 1. The molecule has 0 aromatic heterocycles. The van der Waals surface area contributed by atoms with Crippen molar-refractivity contribution >= 4 is 17.7 Å². The number of anilines is 1. The van der Waals surface area contributed by atoms with Gasteiger partial charge in [0, 0.05) is 25.2 Å². The number of carboxylic acid groups (broad SMARTS) is 1. The maximum absolute atomic E-state index is 12.1. The van der Waals surface area contributed by atoms with E-state index in [0.717, 1.165) is 18.4 Å². The fourth-order valence-corrected chi connectivity index (χ4v) is 2.20. The van der Waals surface area contributed by atoms with Crippen molar-refractivity contribution in [3.8, 4) is 12.3 Å². The zero-order valence-corrected chi connectivity index (χ0v) is 11.1. The van der Waals surface area contributed by atoms with E-state index >= 15 is 0 Å². The monoisotopic (exact) mass is 272 g/mol. The SMILES string of the molecule is C#CCCCNC(=O)N1CCc2ccc(C(=O)O)cc21. The number of unbranched alkanes of at least 4 members (excludes halogenated alkanes) is 1. The van der Waals surface area contributed by atoms with Crippen molar-refractivity contribution in [2.24, 2.45) is 0 Å². The standard InChI is InChI=1S/C15H16N2O3/c1-2-3-4-8-16-15(20)17-9-7-11-5-6-12(14(18)19)10-13(11)17/h1,5-6,10H,3-4,7-9H2,(H,16,20)(H,18,19). The number of carbonyl (C=O) groups excluding carboxylic acids is 1. The van der Waals surface area contributed by atoms with Crippen LogP contribution in [-0.4, -0.2) is 30.2 Å². The first-order valence-corrected chi connectivity index (χ1v) is 6.48. The molecular weight excluding hydrogens is 256 g/mol. The summed E-state index contributed by atoms with van der Waals surface area (Å²) in [6.45, 7) is 1.09. The molecule has 0 unspecified atom stereocenters. The van der Waals surface area contributed by atoms with E-state index in [-0.39, 0.29) is 11.6 Å². The maximum Gasteiger partial charge on any atom is 0.335 e. The Bertz CT molecular complexity index is 575. The summed E-state index contributed by atoms with van der Waals surface area (Å²) < 4.78 is 0. The minimum atomic E-state index is -0.992. The minimum Gasteiger partial charge on any atom is -0.478 e. The Morgan fingerprint density at radius 2 is 2.25 bits per heavy atom. The maximum atomic E-state index is 12.1. The van der Waals surface area contributed by atoms with Gasteiger partial charge in [-0.3, -0.25) is 4.90 Å². The summed E-state index contributed by atoms with van der Waals surface area (Å²) in [6, 6.07) is 4.68. The van der Waals surface area contributed by atoms with Crippen LogP contribution in [0.3, 0.4) is 0 Å². The molecule has 0 spiro atoms. The Balaban J connectivity index is 2.06. The topological polar surface area (TPSA) is 69.6 Å². The number of aromatic carboxylic acids is 1. The smallest absolute Gasteiger partial charge is 0.335 e. The summed E-state index contributed by atoms with van der Waals surface area (Å²) in [5.41, 5.74) is 1.86. The van der Waals surface area contributed by atoms with E-state index in [9.17, 15) is 9.59 Å². The molecule has 2 N–H and O–H groups in total. The first-order valence-electron chi connectivity index (χ1n) is 6.48. The van der Waals surface area contributed by atoms with E-state index in [1.807, 2.05) is 0 Å². The number of hydrogen-bond acceptors (Lipinski definition) is 2. The van der Waals surface area contributed by atoms with Crippen molar-refractivity contribution in [1.29, 1.82) is 0 Å². The highest BCUT2D eigenvalue weighted by molar-refractivity contribution is 5.96. The van der Waals surface area contributed by atoms with Crippen molar-refractivity contribution in [3.05, 3.63) is 29.3 Å². The van der Waals surface area contributed by atoms with E-state index in [1.165, 1.54) is 0 Å². The first kappa shape index (κ1) is 13.9. The van der Waals surface area contributed by atoms with Crippen LogP contribution in [0.5, 0.6) is 0 Å². The third-order valence-corrected chi connectivity index (χ3v) is 3.25. The molecule has 5 heteroatoms. The van der Waals surface area contributed by atoms with Crippen LogP contribution in [0.1, 0.15) is 28.8 Å². The molecule has 1 aromatic carbocycles. The fraction of sp³-hybridized carbons (Fsp3) is 0.333. The molecule has 1 aliphatic rings. The number of hydrogen-bond donors (Lipinski definition) is 2. The molecule has 0 radical (unpaired) electrons. The van der Waals surface area contributed by atoms with Gasteiger partial charge in [-0.25, -0.2) is 9.59 Å². The Hall–Kier alpha value is -2.48. The fourth-order valence-electron chi connectivity index (χ4n) is 2.20. The Morgan fingerprint density at radius 1 is 1.45 bits per heavy atom. The van der Waals surface area contributed by atoms with Crippen LogP contribution >= 0.6 is 0 Å². The molecule has 1 heterocycles. The first-order chi connectivity index (χ1) is 9.63. The summed E-state index contributed by atoms with van der Waals surface area (Å²) >= 11 is 0. The molecule has 104 valence electrons. The molecule has 0 saturated heterocycles. The van der Waals surface area contributed by atoms with Gasteiger partial charge in [-0.2, -0.15) is 0 Å². The average molecular weight is 272 g/mol. The summed E-state index contributed by atoms with van der Waals surface area (Å²) in [7, 11) is 0. The average Bonchev–Trinajstić information content (AvgIpc) is 2.86. The summed E-state index contributed by atoms with van der Waals surface area (Å²) in [5, 5.41) is 11.8. The second-order valence-electron chi connectivity index (χ2n) is 4.59. The van der Waals surface area contributed by atoms with E-state index < -0.39 is 5.97 Å². The van der Waals surface area contributed by atoms with Crippen molar-refractivity contribution in [2.45, 2.75) is 19.3 Å². The lowest BCUT2D eigenvalue weighted by Gasteiger charge is -2.18. The third-order valence-electron chi connectivity index (χ3n) is 3.25. The number of urea groups is 1. The second-order valence-corrected chi connectivity index (χ2v) is 4.59. The Morgan fingerprint density at radius 3 is 2.95 bits per heavy atom.